The second-order valence-corrected chi connectivity index (χ2v) is 4.26. The van der Waals surface area contributed by atoms with Gasteiger partial charge in [0.1, 0.15) is 5.69 Å². The molecule has 1 fully saturated rings. The van der Waals surface area contributed by atoms with Gasteiger partial charge in [-0.1, -0.05) is 6.07 Å². The van der Waals surface area contributed by atoms with Crippen LogP contribution in [0.2, 0.25) is 0 Å². The van der Waals surface area contributed by atoms with Crippen LogP contribution < -0.4 is 5.32 Å². The average molecular weight is 249 g/mol. The first-order valence-corrected chi connectivity index (χ1v) is 5.86. The number of nitrogens with one attached hydrogen (secondary N) is 1. The van der Waals surface area contributed by atoms with E-state index >= 15 is 0 Å². The second kappa shape index (κ2) is 5.48. The van der Waals surface area contributed by atoms with Crippen LogP contribution in [0.3, 0.4) is 0 Å². The number of pyridine rings is 1. The summed E-state index contributed by atoms with van der Waals surface area (Å²) < 4.78 is 0. The molecular weight excluding hydrogens is 234 g/mol. The number of hydrogen-bond donors (Lipinski definition) is 2. The van der Waals surface area contributed by atoms with E-state index < -0.39 is 6.09 Å². The molecule has 1 atom stereocenters. The third-order valence-electron chi connectivity index (χ3n) is 2.92. The molecule has 1 aromatic rings. The molecule has 0 spiro atoms. The number of carboxylic acid groups (broad SMARTS) is 1. The fourth-order valence-electron chi connectivity index (χ4n) is 2.03. The predicted molar refractivity (Wildman–Crippen MR) is 64.3 cm³/mol. The summed E-state index contributed by atoms with van der Waals surface area (Å²) in [5.74, 6) is -0.257. The van der Waals surface area contributed by atoms with Crippen LogP contribution in [-0.2, 0) is 0 Å². The summed E-state index contributed by atoms with van der Waals surface area (Å²) in [4.78, 5) is 28.0. The number of carbonyl (C=O) groups excluding carboxylic acids is 1. The minimum absolute atomic E-state index is 0.135. The number of piperidine rings is 1. The van der Waals surface area contributed by atoms with Gasteiger partial charge in [-0.3, -0.25) is 9.78 Å². The van der Waals surface area contributed by atoms with E-state index in [0.29, 0.717) is 18.8 Å². The van der Waals surface area contributed by atoms with E-state index in [9.17, 15) is 9.59 Å². The Kier molecular flexibility index (Phi) is 3.76. The van der Waals surface area contributed by atoms with Gasteiger partial charge in [0, 0.05) is 25.3 Å². The minimum Gasteiger partial charge on any atom is -0.465 e. The van der Waals surface area contributed by atoms with Crippen molar-refractivity contribution in [1.29, 1.82) is 0 Å². The Morgan fingerprint density at radius 1 is 1.44 bits per heavy atom. The lowest BCUT2D eigenvalue weighted by molar-refractivity contribution is 0.0884. The number of nitrogens with zero attached hydrogens (tertiary/aromatic N) is 2. The van der Waals surface area contributed by atoms with Gasteiger partial charge in [0.05, 0.1) is 0 Å². The zero-order valence-corrected chi connectivity index (χ0v) is 9.87. The third-order valence-corrected chi connectivity index (χ3v) is 2.92. The molecule has 1 saturated heterocycles. The standard InChI is InChI=1S/C12H15N3O3/c16-11(10-5-1-2-6-13-10)14-9-4-3-7-15(8-9)12(17)18/h1-2,5-6,9H,3-4,7-8H2,(H,14,16)(H,17,18). The molecule has 6 heteroatoms. The summed E-state index contributed by atoms with van der Waals surface area (Å²) in [6.07, 6.45) is 2.17. The monoisotopic (exact) mass is 249 g/mol. The molecule has 0 radical (unpaired) electrons. The molecule has 2 rings (SSSR count). The van der Waals surface area contributed by atoms with Crippen LogP contribution in [0, 0.1) is 0 Å². The molecule has 6 nitrogen and oxygen atoms in total. The molecule has 96 valence electrons. The van der Waals surface area contributed by atoms with Crippen molar-refractivity contribution in [3.05, 3.63) is 30.1 Å². The normalized spacial score (nSPS) is 19.3. The SMILES string of the molecule is O=C(NC1CCCN(C(=O)O)C1)c1ccccn1. The molecule has 0 aromatic carbocycles. The lowest BCUT2D eigenvalue weighted by Gasteiger charge is -2.31. The van der Waals surface area contributed by atoms with E-state index in [-0.39, 0.29) is 11.9 Å². The number of likely N-dealkylation sites (tertiary alicyclic amines) is 1. The maximum absolute atomic E-state index is 11.8. The molecule has 18 heavy (non-hydrogen) atoms. The quantitative estimate of drug-likeness (QED) is 0.817. The number of amides is 2. The van der Waals surface area contributed by atoms with E-state index in [1.807, 2.05) is 0 Å². The molecule has 1 aromatic heterocycles. The second-order valence-electron chi connectivity index (χ2n) is 4.26. The van der Waals surface area contributed by atoms with Gasteiger partial charge < -0.3 is 15.3 Å². The van der Waals surface area contributed by atoms with Gasteiger partial charge in [0.15, 0.2) is 0 Å². The van der Waals surface area contributed by atoms with Crippen LogP contribution in [0.5, 0.6) is 0 Å². The van der Waals surface area contributed by atoms with Crippen LogP contribution in [0.4, 0.5) is 4.79 Å². The molecule has 0 saturated carbocycles. The van der Waals surface area contributed by atoms with Crippen molar-refractivity contribution in [2.24, 2.45) is 0 Å². The summed E-state index contributed by atoms with van der Waals surface area (Å²) in [7, 11) is 0. The van der Waals surface area contributed by atoms with Crippen LogP contribution >= 0.6 is 0 Å². The lowest BCUT2D eigenvalue weighted by Crippen LogP contribution is -2.49. The van der Waals surface area contributed by atoms with Crippen molar-refractivity contribution >= 4 is 12.0 Å². The summed E-state index contributed by atoms with van der Waals surface area (Å²) in [6, 6.07) is 4.98. The highest BCUT2D eigenvalue weighted by atomic mass is 16.4. The lowest BCUT2D eigenvalue weighted by atomic mass is 10.1. The summed E-state index contributed by atoms with van der Waals surface area (Å²) in [5, 5.41) is 11.7. The van der Waals surface area contributed by atoms with Gasteiger partial charge in [-0.05, 0) is 25.0 Å². The summed E-state index contributed by atoms with van der Waals surface area (Å²) in [6.45, 7) is 0.874. The van der Waals surface area contributed by atoms with Gasteiger partial charge in [0.2, 0.25) is 0 Å². The van der Waals surface area contributed by atoms with E-state index in [1.54, 1.807) is 24.4 Å². The maximum Gasteiger partial charge on any atom is 0.407 e. The Bertz CT molecular complexity index is 435. The van der Waals surface area contributed by atoms with E-state index in [1.165, 1.54) is 4.90 Å². The van der Waals surface area contributed by atoms with Crippen LogP contribution in [0.25, 0.3) is 0 Å². The zero-order valence-electron chi connectivity index (χ0n) is 9.87. The van der Waals surface area contributed by atoms with Crippen LogP contribution in [0.1, 0.15) is 23.3 Å². The van der Waals surface area contributed by atoms with Gasteiger partial charge in [-0.25, -0.2) is 4.79 Å². The van der Waals surface area contributed by atoms with Crippen molar-refractivity contribution < 1.29 is 14.7 Å². The van der Waals surface area contributed by atoms with Crippen LogP contribution in [0.15, 0.2) is 24.4 Å². The third kappa shape index (κ3) is 2.97. The van der Waals surface area contributed by atoms with Crippen molar-refractivity contribution in [2.75, 3.05) is 13.1 Å². The molecule has 2 N–H and O–H groups in total. The molecule has 0 aliphatic carbocycles. The van der Waals surface area contributed by atoms with Crippen molar-refractivity contribution in [1.82, 2.24) is 15.2 Å². The molecule has 2 amide bonds. The summed E-state index contributed by atoms with van der Waals surface area (Å²) >= 11 is 0. The molecule has 1 aliphatic rings. The highest BCUT2D eigenvalue weighted by Gasteiger charge is 2.24. The van der Waals surface area contributed by atoms with Crippen molar-refractivity contribution in [3.8, 4) is 0 Å². The smallest absolute Gasteiger partial charge is 0.407 e. The Morgan fingerprint density at radius 3 is 2.94 bits per heavy atom. The predicted octanol–water partition coefficient (Wildman–Crippen LogP) is 0.954. The number of carbonyl (C=O) groups is 2. The Hall–Kier alpha value is -2.11. The van der Waals surface area contributed by atoms with Crippen molar-refractivity contribution in [3.63, 3.8) is 0 Å². The van der Waals surface area contributed by atoms with E-state index in [4.69, 9.17) is 5.11 Å². The average Bonchev–Trinajstić information content (AvgIpc) is 2.40. The highest BCUT2D eigenvalue weighted by molar-refractivity contribution is 5.92. The number of hydrogen-bond acceptors (Lipinski definition) is 3. The number of aromatic nitrogens is 1. The molecule has 2 heterocycles. The van der Waals surface area contributed by atoms with Gasteiger partial charge >= 0.3 is 6.09 Å². The molecule has 1 aliphatic heterocycles. The highest BCUT2D eigenvalue weighted by Crippen LogP contribution is 2.10. The van der Waals surface area contributed by atoms with Gasteiger partial charge in [-0.15, -0.1) is 0 Å². The number of rotatable bonds is 2. The first-order chi connectivity index (χ1) is 8.66. The molecular formula is C12H15N3O3. The van der Waals surface area contributed by atoms with Gasteiger partial charge in [-0.2, -0.15) is 0 Å². The van der Waals surface area contributed by atoms with E-state index in [2.05, 4.69) is 10.3 Å². The Labute approximate surface area is 105 Å². The largest absolute Gasteiger partial charge is 0.465 e. The van der Waals surface area contributed by atoms with Gasteiger partial charge in [0.25, 0.3) is 5.91 Å². The van der Waals surface area contributed by atoms with E-state index in [0.717, 1.165) is 12.8 Å². The fraction of sp³-hybridized carbons (Fsp3) is 0.417. The van der Waals surface area contributed by atoms with Crippen LogP contribution in [-0.4, -0.2) is 46.1 Å². The first-order valence-electron chi connectivity index (χ1n) is 5.86. The fourth-order valence-corrected chi connectivity index (χ4v) is 2.03. The molecule has 0 bridgehead atoms. The minimum atomic E-state index is -0.938. The topological polar surface area (TPSA) is 82.5 Å². The Balaban J connectivity index is 1.93. The molecule has 1 unspecified atom stereocenters. The Morgan fingerprint density at radius 2 is 2.28 bits per heavy atom. The summed E-state index contributed by atoms with van der Waals surface area (Å²) in [5.41, 5.74) is 0.352. The first kappa shape index (κ1) is 12.3. The zero-order chi connectivity index (χ0) is 13.0. The maximum atomic E-state index is 11.8. The van der Waals surface area contributed by atoms with Crippen molar-refractivity contribution in [2.45, 2.75) is 18.9 Å².